The van der Waals surface area contributed by atoms with E-state index in [0.717, 1.165) is 11.1 Å². The number of halogens is 2. The molecule has 1 aromatic rings. The Balaban J connectivity index is 2.62. The number of pyridine rings is 1. The molecule has 0 aromatic carbocycles. The molecule has 0 atom stereocenters. The van der Waals surface area contributed by atoms with Gasteiger partial charge >= 0.3 is 0 Å². The van der Waals surface area contributed by atoms with E-state index in [2.05, 4.69) is 31.1 Å². The highest BCUT2D eigenvalue weighted by Gasteiger charge is 2.11. The van der Waals surface area contributed by atoms with Gasteiger partial charge in [-0.1, -0.05) is 0 Å². The number of nitrogens with one attached hydrogen (secondary N) is 1. The third-order valence-corrected chi connectivity index (χ3v) is 2.36. The van der Waals surface area contributed by atoms with Gasteiger partial charge in [0.05, 0.1) is 0 Å². The maximum atomic E-state index is 12.0. The van der Waals surface area contributed by atoms with Crippen molar-refractivity contribution in [1.82, 2.24) is 10.3 Å². The Hall–Kier alpha value is -1.23. The van der Waals surface area contributed by atoms with Crippen LogP contribution in [-0.4, -0.2) is 23.6 Å². The summed E-state index contributed by atoms with van der Waals surface area (Å²) in [5.41, 5.74) is 2.04. The second kappa shape index (κ2) is 6.09. The Kier molecular flexibility index (Phi) is 5.02. The van der Waals surface area contributed by atoms with E-state index in [4.69, 9.17) is 4.74 Å². The largest absolute Gasteiger partial charge is 0.472 e. The van der Waals surface area contributed by atoms with Gasteiger partial charge in [0.15, 0.2) is 6.61 Å². The van der Waals surface area contributed by atoms with Gasteiger partial charge in [-0.05, 0) is 38.8 Å². The summed E-state index contributed by atoms with van der Waals surface area (Å²) in [6, 6.07) is 1.68. The molecule has 1 N–H and O–H groups in total. The molecule has 5 heteroatoms. The number of hydrogen-bond acceptors (Lipinski definition) is 3. The molecule has 0 aliphatic heterocycles. The molecule has 0 spiro atoms. The number of aryl methyl sites for hydroxylation is 1. The van der Waals surface area contributed by atoms with E-state index in [-0.39, 0.29) is 11.4 Å². The lowest BCUT2D eigenvalue weighted by Crippen LogP contribution is -2.35. The molecule has 0 unspecified atom stereocenters. The molecular formula is C13H20F2N2O. The summed E-state index contributed by atoms with van der Waals surface area (Å²) in [4.78, 5) is 4.02. The molecule has 0 saturated heterocycles. The quantitative estimate of drug-likeness (QED) is 0.881. The third-order valence-electron chi connectivity index (χ3n) is 2.36. The summed E-state index contributed by atoms with van der Waals surface area (Å²) >= 11 is 0. The van der Waals surface area contributed by atoms with Crippen LogP contribution in [0.3, 0.4) is 0 Å². The normalized spacial score (nSPS) is 11.9. The van der Waals surface area contributed by atoms with E-state index in [1.807, 2.05) is 6.92 Å². The highest BCUT2D eigenvalue weighted by Crippen LogP contribution is 2.15. The average molecular weight is 258 g/mol. The Morgan fingerprint density at radius 1 is 1.39 bits per heavy atom. The number of alkyl halides is 2. The molecule has 0 aliphatic carbocycles. The van der Waals surface area contributed by atoms with Gasteiger partial charge in [0.2, 0.25) is 5.88 Å². The second-order valence-electron chi connectivity index (χ2n) is 5.25. The lowest BCUT2D eigenvalue weighted by Gasteiger charge is -2.21. The predicted octanol–water partition coefficient (Wildman–Crippen LogP) is 2.92. The van der Waals surface area contributed by atoms with Crippen LogP contribution in [0.1, 0.15) is 31.9 Å². The van der Waals surface area contributed by atoms with Gasteiger partial charge in [-0.2, -0.15) is 0 Å². The molecule has 18 heavy (non-hydrogen) atoms. The first-order valence-electron chi connectivity index (χ1n) is 5.89. The lowest BCUT2D eigenvalue weighted by atomic mass is 10.1. The van der Waals surface area contributed by atoms with Crippen LogP contribution in [0.5, 0.6) is 5.88 Å². The number of aromatic nitrogens is 1. The first kappa shape index (κ1) is 14.8. The monoisotopic (exact) mass is 258 g/mol. The Morgan fingerprint density at radius 2 is 2.06 bits per heavy atom. The molecule has 0 aliphatic rings. The first-order chi connectivity index (χ1) is 8.28. The molecule has 0 fully saturated rings. The van der Waals surface area contributed by atoms with Crippen LogP contribution >= 0.6 is 0 Å². The van der Waals surface area contributed by atoms with Crippen LogP contribution in [0.15, 0.2) is 12.3 Å². The fourth-order valence-corrected chi connectivity index (χ4v) is 1.33. The summed E-state index contributed by atoms with van der Waals surface area (Å²) in [6.07, 6.45) is -0.816. The van der Waals surface area contributed by atoms with Crippen molar-refractivity contribution in [2.45, 2.75) is 46.2 Å². The van der Waals surface area contributed by atoms with Crippen LogP contribution in [0.4, 0.5) is 8.78 Å². The molecular weight excluding hydrogens is 238 g/mol. The Morgan fingerprint density at radius 3 is 2.56 bits per heavy atom. The molecule has 1 aromatic heterocycles. The molecule has 1 heterocycles. The van der Waals surface area contributed by atoms with E-state index in [9.17, 15) is 8.78 Å². The molecule has 0 amide bonds. The zero-order valence-electron chi connectivity index (χ0n) is 11.3. The first-order valence-corrected chi connectivity index (χ1v) is 5.89. The van der Waals surface area contributed by atoms with E-state index in [1.165, 1.54) is 0 Å². The third kappa shape index (κ3) is 5.40. The standard InChI is InChI=1S/C13H20F2N2O/c1-9-5-12(18-8-11(14)15)16-6-10(9)7-17-13(2,3)4/h5-6,11,17H,7-8H2,1-4H3. The van der Waals surface area contributed by atoms with E-state index in [0.29, 0.717) is 6.54 Å². The van der Waals surface area contributed by atoms with Crippen LogP contribution in [0.25, 0.3) is 0 Å². The predicted molar refractivity (Wildman–Crippen MR) is 67.1 cm³/mol. The SMILES string of the molecule is Cc1cc(OCC(F)F)ncc1CNC(C)(C)C. The van der Waals surface area contributed by atoms with E-state index < -0.39 is 13.0 Å². The summed E-state index contributed by atoms with van der Waals surface area (Å²) in [7, 11) is 0. The molecule has 102 valence electrons. The minimum absolute atomic E-state index is 0.0251. The molecule has 0 saturated carbocycles. The second-order valence-corrected chi connectivity index (χ2v) is 5.25. The number of nitrogens with zero attached hydrogens (tertiary/aromatic N) is 1. The van der Waals surface area contributed by atoms with Crippen LogP contribution < -0.4 is 10.1 Å². The Labute approximate surface area is 107 Å². The maximum absolute atomic E-state index is 12.0. The average Bonchev–Trinajstić information content (AvgIpc) is 2.23. The van der Waals surface area contributed by atoms with Crippen molar-refractivity contribution < 1.29 is 13.5 Å². The number of rotatable bonds is 5. The topological polar surface area (TPSA) is 34.1 Å². The van der Waals surface area contributed by atoms with Crippen molar-refractivity contribution in [2.24, 2.45) is 0 Å². The zero-order chi connectivity index (χ0) is 13.8. The van der Waals surface area contributed by atoms with Gasteiger partial charge in [0, 0.05) is 24.3 Å². The van der Waals surface area contributed by atoms with Crippen LogP contribution in [-0.2, 0) is 6.54 Å². The summed E-state index contributed by atoms with van der Waals surface area (Å²) in [5, 5.41) is 3.35. The number of hydrogen-bond donors (Lipinski definition) is 1. The van der Waals surface area contributed by atoms with E-state index >= 15 is 0 Å². The van der Waals surface area contributed by atoms with Crippen LogP contribution in [0.2, 0.25) is 0 Å². The summed E-state index contributed by atoms with van der Waals surface area (Å²) in [6.45, 7) is 8.22. The van der Waals surface area contributed by atoms with Gasteiger partial charge in [0.25, 0.3) is 6.43 Å². The molecule has 1 rings (SSSR count). The van der Waals surface area contributed by atoms with Gasteiger partial charge < -0.3 is 10.1 Å². The minimum atomic E-state index is -2.48. The van der Waals surface area contributed by atoms with Gasteiger partial charge in [-0.25, -0.2) is 13.8 Å². The Bertz CT molecular complexity index is 389. The summed E-state index contributed by atoms with van der Waals surface area (Å²) in [5.74, 6) is 0.243. The fraction of sp³-hybridized carbons (Fsp3) is 0.615. The smallest absolute Gasteiger partial charge is 0.272 e. The van der Waals surface area contributed by atoms with E-state index in [1.54, 1.807) is 12.3 Å². The summed E-state index contributed by atoms with van der Waals surface area (Å²) < 4.78 is 28.8. The van der Waals surface area contributed by atoms with Crippen molar-refractivity contribution in [3.63, 3.8) is 0 Å². The van der Waals surface area contributed by atoms with Crippen molar-refractivity contribution >= 4 is 0 Å². The molecule has 3 nitrogen and oxygen atoms in total. The number of ether oxygens (including phenoxy) is 1. The van der Waals surface area contributed by atoms with Gasteiger partial charge in [0.1, 0.15) is 0 Å². The highest BCUT2D eigenvalue weighted by atomic mass is 19.3. The zero-order valence-corrected chi connectivity index (χ0v) is 11.3. The van der Waals surface area contributed by atoms with Crippen molar-refractivity contribution in [3.8, 4) is 5.88 Å². The van der Waals surface area contributed by atoms with Gasteiger partial charge in [-0.15, -0.1) is 0 Å². The lowest BCUT2D eigenvalue weighted by molar-refractivity contribution is 0.0795. The molecule has 0 bridgehead atoms. The minimum Gasteiger partial charge on any atom is -0.472 e. The van der Waals surface area contributed by atoms with Gasteiger partial charge in [-0.3, -0.25) is 0 Å². The maximum Gasteiger partial charge on any atom is 0.272 e. The fourth-order valence-electron chi connectivity index (χ4n) is 1.33. The van der Waals surface area contributed by atoms with Crippen molar-refractivity contribution in [2.75, 3.05) is 6.61 Å². The van der Waals surface area contributed by atoms with Crippen LogP contribution in [0, 0.1) is 6.92 Å². The van der Waals surface area contributed by atoms with Crippen molar-refractivity contribution in [3.05, 3.63) is 23.4 Å². The highest BCUT2D eigenvalue weighted by molar-refractivity contribution is 5.28. The molecule has 0 radical (unpaired) electrons. The van der Waals surface area contributed by atoms with Crippen molar-refractivity contribution in [1.29, 1.82) is 0 Å².